The van der Waals surface area contributed by atoms with Gasteiger partial charge in [0.1, 0.15) is 5.82 Å². The number of benzene rings is 1. The molecule has 1 saturated carbocycles. The average molecular weight is 447 g/mol. The molecule has 1 aliphatic rings. The molecule has 32 heavy (non-hydrogen) atoms. The van der Waals surface area contributed by atoms with Crippen molar-refractivity contribution in [3.8, 4) is 11.1 Å². The Kier molecular flexibility index (Phi) is 6.19. The van der Waals surface area contributed by atoms with Gasteiger partial charge in [0.05, 0.1) is 16.4 Å². The highest BCUT2D eigenvalue weighted by Gasteiger charge is 2.23. The molecule has 7 heteroatoms. The van der Waals surface area contributed by atoms with E-state index in [4.69, 9.17) is 4.98 Å². The number of thiazole rings is 1. The van der Waals surface area contributed by atoms with Crippen molar-refractivity contribution in [1.82, 2.24) is 25.5 Å². The molecule has 0 aliphatic heterocycles. The minimum absolute atomic E-state index is 0.647. The molecule has 0 saturated heterocycles. The monoisotopic (exact) mass is 446 g/mol. The topological polar surface area (TPSA) is 78.5 Å². The van der Waals surface area contributed by atoms with Crippen LogP contribution in [0.3, 0.4) is 0 Å². The lowest BCUT2D eigenvalue weighted by molar-refractivity contribution is 0.459. The maximum Gasteiger partial charge on any atom is 0.189 e. The van der Waals surface area contributed by atoms with Crippen molar-refractivity contribution >= 4 is 32.5 Å². The van der Waals surface area contributed by atoms with E-state index in [1.54, 1.807) is 11.3 Å². The van der Waals surface area contributed by atoms with E-state index in [-0.39, 0.29) is 0 Å². The summed E-state index contributed by atoms with van der Waals surface area (Å²) in [6.45, 7) is 5.21. The number of rotatable bonds is 8. The summed E-state index contributed by atoms with van der Waals surface area (Å²) >= 11 is 1.65. The summed E-state index contributed by atoms with van der Waals surface area (Å²) < 4.78 is 1.14. The molecule has 0 spiro atoms. The summed E-state index contributed by atoms with van der Waals surface area (Å²) in [6, 6.07) is 11.2. The second-order valence-electron chi connectivity index (χ2n) is 8.83. The van der Waals surface area contributed by atoms with E-state index < -0.39 is 0 Å². The Morgan fingerprint density at radius 1 is 1.19 bits per heavy atom. The van der Waals surface area contributed by atoms with Gasteiger partial charge < -0.3 is 10.6 Å². The second kappa shape index (κ2) is 9.38. The maximum atomic E-state index is 4.75. The highest BCUT2D eigenvalue weighted by molar-refractivity contribution is 7.22. The Morgan fingerprint density at radius 3 is 2.97 bits per heavy atom. The van der Waals surface area contributed by atoms with Gasteiger partial charge in [0.25, 0.3) is 0 Å². The molecule has 1 aromatic carbocycles. The van der Waals surface area contributed by atoms with Gasteiger partial charge in [0.15, 0.2) is 5.13 Å². The van der Waals surface area contributed by atoms with Crippen LogP contribution in [0.5, 0.6) is 0 Å². The number of pyridine rings is 1. The number of nitrogens with one attached hydrogen (secondary N) is 3. The van der Waals surface area contributed by atoms with Gasteiger partial charge in [-0.3, -0.25) is 5.10 Å². The zero-order valence-corrected chi connectivity index (χ0v) is 19.5. The van der Waals surface area contributed by atoms with E-state index in [0.717, 1.165) is 50.4 Å². The molecule has 1 fully saturated rings. The Morgan fingerprint density at radius 2 is 2.12 bits per heavy atom. The first-order valence-corrected chi connectivity index (χ1v) is 12.4. The molecule has 166 valence electrons. The molecular weight excluding hydrogens is 416 g/mol. The van der Waals surface area contributed by atoms with Gasteiger partial charge in [-0.05, 0) is 67.5 Å². The van der Waals surface area contributed by atoms with Gasteiger partial charge in [-0.15, -0.1) is 0 Å². The van der Waals surface area contributed by atoms with Crippen molar-refractivity contribution in [3.05, 3.63) is 54.0 Å². The zero-order valence-electron chi connectivity index (χ0n) is 18.7. The number of hydrogen-bond acceptors (Lipinski definition) is 6. The summed E-state index contributed by atoms with van der Waals surface area (Å²) in [5, 5.41) is 15.1. The fourth-order valence-electron chi connectivity index (χ4n) is 4.74. The van der Waals surface area contributed by atoms with E-state index in [0.29, 0.717) is 6.04 Å². The molecule has 5 rings (SSSR count). The Balaban J connectivity index is 1.25. The van der Waals surface area contributed by atoms with Crippen LogP contribution in [0.4, 0.5) is 10.9 Å². The Bertz CT molecular complexity index is 1200. The van der Waals surface area contributed by atoms with Crippen LogP contribution in [0.2, 0.25) is 0 Å². The van der Waals surface area contributed by atoms with Crippen LogP contribution in [0.25, 0.3) is 21.3 Å². The predicted molar refractivity (Wildman–Crippen MR) is 132 cm³/mol. The second-order valence-corrected chi connectivity index (χ2v) is 9.86. The summed E-state index contributed by atoms with van der Waals surface area (Å²) in [6.07, 6.45) is 10.4. The fraction of sp³-hybridized carbons (Fsp3) is 0.400. The number of nitrogens with zero attached hydrogens (tertiary/aromatic N) is 3. The molecule has 3 aromatic heterocycles. The molecule has 3 heterocycles. The highest BCUT2D eigenvalue weighted by Crippen LogP contribution is 2.32. The lowest BCUT2D eigenvalue weighted by Gasteiger charge is -2.13. The van der Waals surface area contributed by atoms with Crippen molar-refractivity contribution < 1.29 is 0 Å². The first-order valence-electron chi connectivity index (χ1n) is 11.5. The number of fused-ring (bicyclic) bond motifs is 1. The molecule has 1 unspecified atom stereocenters. The number of H-pyrrole nitrogens is 1. The van der Waals surface area contributed by atoms with Crippen LogP contribution in [-0.4, -0.2) is 26.2 Å². The first-order chi connectivity index (χ1) is 15.7. The number of aryl methyl sites for hydroxylation is 1. The molecule has 1 aliphatic carbocycles. The van der Waals surface area contributed by atoms with E-state index in [1.165, 1.54) is 37.7 Å². The highest BCUT2D eigenvalue weighted by atomic mass is 32.1. The molecule has 3 N–H and O–H groups in total. The summed E-state index contributed by atoms with van der Waals surface area (Å²) in [5.74, 6) is 1.74. The third-order valence-electron chi connectivity index (χ3n) is 6.42. The third kappa shape index (κ3) is 4.69. The van der Waals surface area contributed by atoms with Gasteiger partial charge in [0, 0.05) is 30.0 Å². The smallest absolute Gasteiger partial charge is 0.189 e. The van der Waals surface area contributed by atoms with Crippen LogP contribution in [0.1, 0.15) is 50.3 Å². The van der Waals surface area contributed by atoms with E-state index in [2.05, 4.69) is 63.1 Å². The lowest BCUT2D eigenvalue weighted by atomic mass is 10.0. The minimum atomic E-state index is 0.647. The van der Waals surface area contributed by atoms with Crippen LogP contribution < -0.4 is 10.6 Å². The van der Waals surface area contributed by atoms with E-state index >= 15 is 0 Å². The summed E-state index contributed by atoms with van der Waals surface area (Å²) in [5.41, 5.74) is 5.59. The number of hydrogen-bond donors (Lipinski definition) is 3. The van der Waals surface area contributed by atoms with Crippen molar-refractivity contribution in [2.45, 2.75) is 58.5 Å². The van der Waals surface area contributed by atoms with Crippen molar-refractivity contribution in [2.24, 2.45) is 5.92 Å². The Labute approximate surface area is 192 Å². The molecule has 0 radical (unpaired) electrons. The quantitative estimate of drug-likeness (QED) is 0.301. The summed E-state index contributed by atoms with van der Waals surface area (Å²) in [7, 11) is 0. The molecular formula is C25H30N6S. The first kappa shape index (κ1) is 21.1. The number of aromatic amines is 1. The molecule has 0 bridgehead atoms. The van der Waals surface area contributed by atoms with Gasteiger partial charge in [-0.25, -0.2) is 9.97 Å². The molecule has 0 amide bonds. The predicted octanol–water partition coefficient (Wildman–Crippen LogP) is 6.19. The number of aromatic nitrogens is 4. The van der Waals surface area contributed by atoms with Gasteiger partial charge in [-0.1, -0.05) is 37.2 Å². The van der Waals surface area contributed by atoms with Gasteiger partial charge in [-0.2, -0.15) is 5.10 Å². The van der Waals surface area contributed by atoms with Crippen molar-refractivity contribution in [3.63, 3.8) is 0 Å². The lowest BCUT2D eigenvalue weighted by Crippen LogP contribution is -2.25. The molecule has 6 nitrogen and oxygen atoms in total. The average Bonchev–Trinajstić information content (AvgIpc) is 3.52. The van der Waals surface area contributed by atoms with Crippen LogP contribution in [-0.2, 0) is 6.54 Å². The standard InChI is InChI=1S/C25H30N6S/c1-3-4-17-5-7-20(11-17)27-14-18-9-10-26-24(12-18)30-25-29-22-8-6-19(13-23(22)32-25)21-15-28-31-16(21)2/h6,8-10,12-13,15,17,20,27H,3-5,7,11,14H2,1-2H3,(H,28,31)(H,26,29,30)/t17-,20?/m1/s1. The SMILES string of the molecule is CCC[C@@H]1CCC(NCc2ccnc(Nc3nc4ccc(-c5cn[nH]c5C)cc4s3)c2)C1. The van der Waals surface area contributed by atoms with Crippen LogP contribution >= 0.6 is 11.3 Å². The van der Waals surface area contributed by atoms with Crippen LogP contribution in [0, 0.1) is 12.8 Å². The van der Waals surface area contributed by atoms with Gasteiger partial charge >= 0.3 is 0 Å². The molecule has 4 aromatic rings. The van der Waals surface area contributed by atoms with Crippen molar-refractivity contribution in [1.29, 1.82) is 0 Å². The normalized spacial score (nSPS) is 18.4. The maximum absolute atomic E-state index is 4.75. The van der Waals surface area contributed by atoms with Crippen molar-refractivity contribution in [2.75, 3.05) is 5.32 Å². The van der Waals surface area contributed by atoms with Gasteiger partial charge in [0.2, 0.25) is 0 Å². The van der Waals surface area contributed by atoms with E-state index in [1.807, 2.05) is 19.3 Å². The third-order valence-corrected chi connectivity index (χ3v) is 7.36. The largest absolute Gasteiger partial charge is 0.316 e. The zero-order chi connectivity index (χ0) is 21.9. The fourth-order valence-corrected chi connectivity index (χ4v) is 5.65. The Hall–Kier alpha value is -2.77. The molecule has 2 atom stereocenters. The van der Waals surface area contributed by atoms with Crippen LogP contribution in [0.15, 0.2) is 42.7 Å². The minimum Gasteiger partial charge on any atom is -0.316 e. The summed E-state index contributed by atoms with van der Waals surface area (Å²) in [4.78, 5) is 9.25. The number of anilines is 2. The van der Waals surface area contributed by atoms with E-state index in [9.17, 15) is 0 Å².